The van der Waals surface area contributed by atoms with Gasteiger partial charge >= 0.3 is 0 Å². The number of benzene rings is 1. The number of pyridine rings is 2. The van der Waals surface area contributed by atoms with Crippen LogP contribution in [-0.4, -0.2) is 61.0 Å². The van der Waals surface area contributed by atoms with E-state index < -0.39 is 0 Å². The Morgan fingerprint density at radius 1 is 1.14 bits per heavy atom. The minimum Gasteiger partial charge on any atom is -0.491 e. The van der Waals surface area contributed by atoms with Crippen LogP contribution < -0.4 is 10.5 Å². The lowest BCUT2D eigenvalue weighted by molar-refractivity contribution is 0.0845. The number of nitrogens with two attached hydrogens (primary N) is 1. The molecule has 1 aromatic carbocycles. The summed E-state index contributed by atoms with van der Waals surface area (Å²) in [4.78, 5) is 16.9. The zero-order chi connectivity index (χ0) is 31.6. The van der Waals surface area contributed by atoms with Crippen molar-refractivity contribution in [3.63, 3.8) is 0 Å². The number of aliphatic imine (C=N–C) groups is 1. The Bertz CT molecular complexity index is 1420. The van der Waals surface area contributed by atoms with Crippen LogP contribution in [0.2, 0.25) is 5.02 Å². The summed E-state index contributed by atoms with van der Waals surface area (Å²) in [6.45, 7) is 15.1. The third-order valence-electron chi connectivity index (χ3n) is 8.35. The topological polar surface area (TPSA) is 85.9 Å². The molecule has 0 bridgehead atoms. The molecule has 1 aliphatic heterocycles. The predicted molar refractivity (Wildman–Crippen MR) is 184 cm³/mol. The Kier molecular flexibility index (Phi) is 12.6. The van der Waals surface area contributed by atoms with Gasteiger partial charge in [-0.05, 0) is 88.4 Å². The molecule has 4 rings (SSSR count). The molecule has 238 valence electrons. The van der Waals surface area contributed by atoms with Crippen molar-refractivity contribution in [2.24, 2.45) is 4.99 Å². The maximum Gasteiger partial charge on any atom is 0.148 e. The number of nitrogen functional groups attached to an aromatic ring is 1. The second-order valence-electron chi connectivity index (χ2n) is 12.1. The highest BCUT2D eigenvalue weighted by Crippen LogP contribution is 2.41. The lowest BCUT2D eigenvalue weighted by Crippen LogP contribution is -2.25. The first-order chi connectivity index (χ1) is 21.3. The van der Waals surface area contributed by atoms with Crippen molar-refractivity contribution < 1.29 is 9.47 Å². The Hall–Kier alpha value is -3.00. The standard InChI is InChI=1S/C36H50ClN5O2/c1-7-10-28(23-42(6)22-26-18-24(4)33(38)29(20-26)21-39-14-8-2)31-19-25(5)36(44-9-3)35(41-31)30-11-15-40-34(32(30)37)27-12-16-43-17-13-27/h11,15,18-21,27-28H,7-10,12-14,16-17,22-23,38H2,1-6H3. The smallest absolute Gasteiger partial charge is 0.148 e. The average molecular weight is 620 g/mol. The van der Waals surface area contributed by atoms with Crippen molar-refractivity contribution in [1.82, 2.24) is 14.9 Å². The fraction of sp³-hybridized carbons (Fsp3) is 0.528. The molecule has 0 spiro atoms. The quantitative estimate of drug-likeness (QED) is 0.145. The molecule has 1 fully saturated rings. The summed E-state index contributed by atoms with van der Waals surface area (Å²) in [6, 6.07) is 8.54. The monoisotopic (exact) mass is 619 g/mol. The molecule has 1 unspecified atom stereocenters. The zero-order valence-electron chi connectivity index (χ0n) is 27.5. The van der Waals surface area contributed by atoms with Crippen LogP contribution in [0.15, 0.2) is 35.5 Å². The molecule has 0 saturated carbocycles. The summed E-state index contributed by atoms with van der Waals surface area (Å²) >= 11 is 7.12. The molecular formula is C36H50ClN5O2. The van der Waals surface area contributed by atoms with E-state index >= 15 is 0 Å². The number of rotatable bonds is 14. The molecule has 1 saturated heterocycles. The first kappa shape index (κ1) is 33.9. The normalized spacial score (nSPS) is 14.9. The molecule has 7 nitrogen and oxygen atoms in total. The molecule has 3 aromatic rings. The van der Waals surface area contributed by atoms with Crippen LogP contribution in [-0.2, 0) is 11.3 Å². The molecule has 0 amide bonds. The van der Waals surface area contributed by atoms with E-state index in [1.165, 1.54) is 5.56 Å². The summed E-state index contributed by atoms with van der Waals surface area (Å²) in [7, 11) is 2.18. The molecule has 44 heavy (non-hydrogen) atoms. The summed E-state index contributed by atoms with van der Waals surface area (Å²) < 4.78 is 11.8. The fourth-order valence-electron chi connectivity index (χ4n) is 6.13. The maximum absolute atomic E-state index is 7.12. The van der Waals surface area contributed by atoms with Crippen LogP contribution in [0.3, 0.4) is 0 Å². The molecule has 0 radical (unpaired) electrons. The van der Waals surface area contributed by atoms with Crippen LogP contribution in [0.25, 0.3) is 11.3 Å². The van der Waals surface area contributed by atoms with Gasteiger partial charge in [0.15, 0.2) is 0 Å². The van der Waals surface area contributed by atoms with Crippen LogP contribution >= 0.6 is 11.6 Å². The van der Waals surface area contributed by atoms with E-state index in [0.717, 1.165) is 116 Å². The van der Waals surface area contributed by atoms with Crippen molar-refractivity contribution >= 4 is 23.5 Å². The highest BCUT2D eigenvalue weighted by atomic mass is 35.5. The molecule has 2 N–H and O–H groups in total. The number of hydrogen-bond acceptors (Lipinski definition) is 7. The highest BCUT2D eigenvalue weighted by molar-refractivity contribution is 6.34. The number of anilines is 1. The predicted octanol–water partition coefficient (Wildman–Crippen LogP) is 8.13. The number of halogens is 1. The Balaban J connectivity index is 1.65. The number of likely N-dealkylation sites (N-methyl/N-ethyl adjacent to an activating group) is 1. The van der Waals surface area contributed by atoms with Gasteiger partial charge in [-0.25, -0.2) is 4.98 Å². The van der Waals surface area contributed by atoms with Crippen LogP contribution in [0, 0.1) is 13.8 Å². The lowest BCUT2D eigenvalue weighted by Gasteiger charge is -2.26. The van der Waals surface area contributed by atoms with Gasteiger partial charge in [0.05, 0.1) is 17.3 Å². The number of aryl methyl sites for hydroxylation is 2. The van der Waals surface area contributed by atoms with Gasteiger partial charge in [0, 0.05) is 79.6 Å². The Labute approximate surface area is 269 Å². The first-order valence-electron chi connectivity index (χ1n) is 16.2. The molecule has 8 heteroatoms. The van der Waals surface area contributed by atoms with E-state index in [9.17, 15) is 0 Å². The van der Waals surface area contributed by atoms with E-state index in [2.05, 4.69) is 62.8 Å². The summed E-state index contributed by atoms with van der Waals surface area (Å²) in [5.74, 6) is 1.32. The number of nitrogens with zero attached hydrogens (tertiary/aromatic N) is 4. The molecule has 1 atom stereocenters. The molecule has 2 aromatic heterocycles. The fourth-order valence-corrected chi connectivity index (χ4v) is 6.48. The summed E-state index contributed by atoms with van der Waals surface area (Å²) in [5, 5.41) is 0.672. The summed E-state index contributed by atoms with van der Waals surface area (Å²) in [6.07, 6.45) is 8.72. The Morgan fingerprint density at radius 2 is 1.91 bits per heavy atom. The van der Waals surface area contributed by atoms with Crippen LogP contribution in [0.1, 0.15) is 98.4 Å². The van der Waals surface area contributed by atoms with Gasteiger partial charge in [0.25, 0.3) is 0 Å². The molecule has 3 heterocycles. The number of ether oxygens (including phenoxy) is 2. The van der Waals surface area contributed by atoms with Crippen molar-refractivity contribution in [3.8, 4) is 17.0 Å². The third-order valence-corrected chi connectivity index (χ3v) is 8.75. The second kappa shape index (κ2) is 16.4. The van der Waals surface area contributed by atoms with Gasteiger partial charge < -0.3 is 20.1 Å². The van der Waals surface area contributed by atoms with Gasteiger partial charge in [-0.15, -0.1) is 0 Å². The second-order valence-corrected chi connectivity index (χ2v) is 12.4. The third kappa shape index (κ3) is 8.38. The van der Waals surface area contributed by atoms with Crippen LogP contribution in [0.5, 0.6) is 5.75 Å². The minimum absolute atomic E-state index is 0.245. The first-order valence-corrected chi connectivity index (χ1v) is 16.6. The van der Waals surface area contributed by atoms with E-state index in [0.29, 0.717) is 11.6 Å². The van der Waals surface area contributed by atoms with Crippen molar-refractivity contribution in [2.75, 3.05) is 45.7 Å². The minimum atomic E-state index is 0.245. The number of aromatic nitrogens is 2. The van der Waals surface area contributed by atoms with Crippen LogP contribution in [0.4, 0.5) is 5.69 Å². The molecule has 1 aliphatic rings. The average Bonchev–Trinajstić information content (AvgIpc) is 3.01. The van der Waals surface area contributed by atoms with Gasteiger partial charge in [-0.1, -0.05) is 37.9 Å². The van der Waals surface area contributed by atoms with Gasteiger partial charge in [-0.3, -0.25) is 9.98 Å². The maximum atomic E-state index is 7.12. The Morgan fingerprint density at radius 3 is 2.61 bits per heavy atom. The lowest BCUT2D eigenvalue weighted by atomic mass is 9.93. The zero-order valence-corrected chi connectivity index (χ0v) is 28.2. The van der Waals surface area contributed by atoms with Gasteiger partial charge in [0.2, 0.25) is 0 Å². The van der Waals surface area contributed by atoms with Crippen molar-refractivity contribution in [1.29, 1.82) is 0 Å². The largest absolute Gasteiger partial charge is 0.491 e. The van der Waals surface area contributed by atoms with E-state index in [4.69, 9.17) is 36.8 Å². The SMILES string of the molecule is CCCN=Cc1cc(CN(C)CC(CCC)c2cc(C)c(OCC)c(-c3ccnc(C4CCOCC4)c3Cl)n2)cc(C)c1N. The van der Waals surface area contributed by atoms with Gasteiger partial charge in [0.1, 0.15) is 11.4 Å². The van der Waals surface area contributed by atoms with E-state index in [-0.39, 0.29) is 11.8 Å². The van der Waals surface area contributed by atoms with E-state index in [1.54, 1.807) is 0 Å². The summed E-state index contributed by atoms with van der Waals surface area (Å²) in [5.41, 5.74) is 15.3. The van der Waals surface area contributed by atoms with Crippen molar-refractivity contribution in [3.05, 3.63) is 69.1 Å². The highest BCUT2D eigenvalue weighted by Gasteiger charge is 2.25. The van der Waals surface area contributed by atoms with Gasteiger partial charge in [-0.2, -0.15) is 0 Å². The number of hydrogen-bond donors (Lipinski definition) is 1. The van der Waals surface area contributed by atoms with Crippen molar-refractivity contribution in [2.45, 2.75) is 85.1 Å². The molecular weight excluding hydrogens is 570 g/mol. The molecule has 0 aliphatic carbocycles. The van der Waals surface area contributed by atoms with E-state index in [1.807, 2.05) is 25.4 Å².